The first-order chi connectivity index (χ1) is 12.3. The largest absolute Gasteiger partial charge is 0.497 e. The third-order valence-corrected chi connectivity index (χ3v) is 6.01. The minimum atomic E-state index is -3.11. The van der Waals surface area contributed by atoms with Crippen LogP contribution in [-0.2, 0) is 19.4 Å². The van der Waals surface area contributed by atoms with Gasteiger partial charge in [0.15, 0.2) is 16.4 Å². The lowest BCUT2D eigenvalue weighted by Crippen LogP contribution is -2.43. The Morgan fingerprint density at radius 3 is 2.50 bits per heavy atom. The number of hydrogen-bond acceptors (Lipinski definition) is 7. The molecule has 8 nitrogen and oxygen atoms in total. The van der Waals surface area contributed by atoms with Gasteiger partial charge in [0.2, 0.25) is 0 Å². The molecule has 9 heteroatoms. The molecule has 0 bridgehead atoms. The molecule has 0 aliphatic carbocycles. The smallest absolute Gasteiger partial charge is 0.342 e. The Morgan fingerprint density at radius 1 is 1.23 bits per heavy atom. The van der Waals surface area contributed by atoms with Gasteiger partial charge in [0.1, 0.15) is 17.1 Å². The van der Waals surface area contributed by atoms with Crippen LogP contribution in [0.15, 0.2) is 18.2 Å². The van der Waals surface area contributed by atoms with E-state index in [9.17, 15) is 18.0 Å². The minimum absolute atomic E-state index is 0.0514. The summed E-state index contributed by atoms with van der Waals surface area (Å²) in [4.78, 5) is 26.1. The number of carbonyl (C=O) groups is 2. The van der Waals surface area contributed by atoms with Crippen molar-refractivity contribution in [3.63, 3.8) is 0 Å². The van der Waals surface area contributed by atoms with Gasteiger partial charge in [0.25, 0.3) is 5.91 Å². The second-order valence-corrected chi connectivity index (χ2v) is 8.11. The van der Waals surface area contributed by atoms with E-state index >= 15 is 0 Å². The van der Waals surface area contributed by atoms with Crippen molar-refractivity contribution in [3.05, 3.63) is 23.8 Å². The second kappa shape index (κ2) is 8.39. The molecule has 1 aromatic carbocycles. The van der Waals surface area contributed by atoms with E-state index in [1.807, 2.05) is 0 Å². The molecule has 144 valence electrons. The molecule has 1 aliphatic heterocycles. The predicted molar refractivity (Wildman–Crippen MR) is 94.3 cm³/mol. The summed E-state index contributed by atoms with van der Waals surface area (Å²) in [5.74, 6) is -0.367. The van der Waals surface area contributed by atoms with Crippen molar-refractivity contribution in [1.82, 2.24) is 4.90 Å². The van der Waals surface area contributed by atoms with E-state index in [4.69, 9.17) is 14.2 Å². The number of ether oxygens (including phenoxy) is 3. The zero-order chi connectivity index (χ0) is 19.3. The van der Waals surface area contributed by atoms with Crippen molar-refractivity contribution in [2.45, 2.75) is 19.4 Å². The molecule has 2 rings (SSSR count). The third kappa shape index (κ3) is 4.66. The normalized spacial score (nSPS) is 18.2. The number of sulfone groups is 1. The SMILES string of the molecule is CCN(C(=O)COC(=O)c1cc(OC)ccc1OC)[C@H]1CCS(=O)(=O)C1. The van der Waals surface area contributed by atoms with Gasteiger partial charge < -0.3 is 19.1 Å². The molecule has 0 N–H and O–H groups in total. The maximum Gasteiger partial charge on any atom is 0.342 e. The monoisotopic (exact) mass is 385 g/mol. The summed E-state index contributed by atoms with van der Waals surface area (Å²) in [6, 6.07) is 4.30. The summed E-state index contributed by atoms with van der Waals surface area (Å²) in [6.07, 6.45) is 0.402. The Bertz CT molecular complexity index is 775. The van der Waals surface area contributed by atoms with Gasteiger partial charge in [-0.15, -0.1) is 0 Å². The molecule has 1 saturated heterocycles. The highest BCUT2D eigenvalue weighted by atomic mass is 32.2. The van der Waals surface area contributed by atoms with Crippen LogP contribution >= 0.6 is 0 Å². The van der Waals surface area contributed by atoms with Crippen LogP contribution in [0.4, 0.5) is 0 Å². The Labute approximate surface area is 152 Å². The third-order valence-electron chi connectivity index (χ3n) is 4.26. The number of methoxy groups -OCH3 is 2. The highest BCUT2D eigenvalue weighted by molar-refractivity contribution is 7.91. The van der Waals surface area contributed by atoms with E-state index in [-0.39, 0.29) is 23.1 Å². The van der Waals surface area contributed by atoms with Crippen molar-refractivity contribution in [2.24, 2.45) is 0 Å². The van der Waals surface area contributed by atoms with Crippen molar-refractivity contribution < 1.29 is 32.2 Å². The van der Waals surface area contributed by atoms with E-state index in [1.165, 1.54) is 25.2 Å². The Balaban J connectivity index is 2.03. The molecule has 0 saturated carbocycles. The number of nitrogens with zero attached hydrogens (tertiary/aromatic N) is 1. The molecule has 1 heterocycles. The lowest BCUT2D eigenvalue weighted by atomic mass is 10.2. The summed E-state index contributed by atoms with van der Waals surface area (Å²) in [5.41, 5.74) is 0.145. The van der Waals surface area contributed by atoms with Crippen molar-refractivity contribution in [1.29, 1.82) is 0 Å². The predicted octanol–water partition coefficient (Wildman–Crippen LogP) is 0.896. The molecule has 26 heavy (non-hydrogen) atoms. The fourth-order valence-corrected chi connectivity index (χ4v) is 4.65. The van der Waals surface area contributed by atoms with E-state index in [0.29, 0.717) is 24.5 Å². The first-order valence-electron chi connectivity index (χ1n) is 8.20. The minimum Gasteiger partial charge on any atom is -0.497 e. The summed E-state index contributed by atoms with van der Waals surface area (Å²) in [5, 5.41) is 0. The van der Waals surface area contributed by atoms with E-state index in [1.54, 1.807) is 19.1 Å². The van der Waals surface area contributed by atoms with Crippen LogP contribution in [0.1, 0.15) is 23.7 Å². The van der Waals surface area contributed by atoms with E-state index in [2.05, 4.69) is 0 Å². The lowest BCUT2D eigenvalue weighted by Gasteiger charge is -2.26. The van der Waals surface area contributed by atoms with Crippen LogP contribution < -0.4 is 9.47 Å². The fourth-order valence-electron chi connectivity index (χ4n) is 2.92. The summed E-state index contributed by atoms with van der Waals surface area (Å²) in [7, 11) is -0.220. The Morgan fingerprint density at radius 2 is 1.96 bits per heavy atom. The fraction of sp³-hybridized carbons (Fsp3) is 0.529. The Kier molecular flexibility index (Phi) is 6.47. The van der Waals surface area contributed by atoms with Crippen LogP contribution in [0.25, 0.3) is 0 Å². The summed E-state index contributed by atoms with van der Waals surface area (Å²) in [6.45, 7) is 1.64. The topological polar surface area (TPSA) is 99.2 Å². The average Bonchev–Trinajstić information content (AvgIpc) is 2.99. The highest BCUT2D eigenvalue weighted by Gasteiger charge is 2.34. The molecule has 0 aromatic heterocycles. The van der Waals surface area contributed by atoms with Crippen LogP contribution in [0.2, 0.25) is 0 Å². The van der Waals surface area contributed by atoms with E-state index < -0.39 is 28.3 Å². The van der Waals surface area contributed by atoms with Crippen molar-refractivity contribution in [2.75, 3.05) is 38.9 Å². The highest BCUT2D eigenvalue weighted by Crippen LogP contribution is 2.25. The molecule has 1 amide bonds. The van der Waals surface area contributed by atoms with Gasteiger partial charge in [0.05, 0.1) is 25.7 Å². The summed E-state index contributed by atoms with van der Waals surface area (Å²) < 4.78 is 38.5. The van der Waals surface area contributed by atoms with Crippen molar-refractivity contribution >= 4 is 21.7 Å². The zero-order valence-electron chi connectivity index (χ0n) is 15.1. The molecular weight excluding hydrogens is 362 g/mol. The van der Waals surface area contributed by atoms with Crippen LogP contribution in [0.3, 0.4) is 0 Å². The van der Waals surface area contributed by atoms with Crippen molar-refractivity contribution in [3.8, 4) is 11.5 Å². The first-order valence-corrected chi connectivity index (χ1v) is 10.0. The Hall–Kier alpha value is -2.29. The summed E-state index contributed by atoms with van der Waals surface area (Å²) >= 11 is 0. The number of carbonyl (C=O) groups excluding carboxylic acids is 2. The van der Waals surface area contributed by atoms with E-state index in [0.717, 1.165) is 0 Å². The zero-order valence-corrected chi connectivity index (χ0v) is 15.9. The van der Waals surface area contributed by atoms with Gasteiger partial charge in [0, 0.05) is 12.6 Å². The number of hydrogen-bond donors (Lipinski definition) is 0. The second-order valence-electron chi connectivity index (χ2n) is 5.88. The van der Waals surface area contributed by atoms with Gasteiger partial charge in [-0.3, -0.25) is 4.79 Å². The molecule has 0 spiro atoms. The van der Waals surface area contributed by atoms with Crippen LogP contribution in [0, 0.1) is 0 Å². The molecule has 1 atom stereocenters. The van der Waals surface area contributed by atoms with Crippen LogP contribution in [-0.4, -0.2) is 70.1 Å². The van der Waals surface area contributed by atoms with Gasteiger partial charge in [-0.05, 0) is 31.5 Å². The number of esters is 1. The number of likely N-dealkylation sites (N-methyl/N-ethyl adjacent to an activating group) is 1. The maximum atomic E-state index is 12.4. The van der Waals surface area contributed by atoms with Gasteiger partial charge in [-0.2, -0.15) is 0 Å². The maximum absolute atomic E-state index is 12.4. The van der Waals surface area contributed by atoms with Gasteiger partial charge in [-0.25, -0.2) is 13.2 Å². The van der Waals surface area contributed by atoms with Crippen LogP contribution in [0.5, 0.6) is 11.5 Å². The number of benzene rings is 1. The van der Waals surface area contributed by atoms with Gasteiger partial charge in [-0.1, -0.05) is 0 Å². The number of rotatable bonds is 7. The first kappa shape index (κ1) is 20.0. The molecular formula is C17H23NO7S. The molecule has 0 radical (unpaired) electrons. The molecule has 1 aliphatic rings. The average molecular weight is 385 g/mol. The van der Waals surface area contributed by atoms with Gasteiger partial charge >= 0.3 is 5.97 Å². The standard InChI is InChI=1S/C17H23NO7S/c1-4-18(12-7-8-26(21,22)11-12)16(19)10-25-17(20)14-9-13(23-2)5-6-15(14)24-3/h5-6,9,12H,4,7-8,10-11H2,1-3H3/t12-/m0/s1. The molecule has 1 fully saturated rings. The lowest BCUT2D eigenvalue weighted by molar-refractivity contribution is -0.136. The molecule has 1 aromatic rings. The molecule has 0 unspecified atom stereocenters. The number of amides is 1. The quantitative estimate of drug-likeness (QED) is 0.643.